The minimum Gasteiger partial charge on any atom is -0.444 e. The molecular formula is C11H16BrN3O4. The number of carbonyl (C=O) groups excluding carboxylic acids is 1. The maximum atomic E-state index is 12.1. The van der Waals surface area contributed by atoms with Crippen molar-refractivity contribution in [2.75, 3.05) is 20.6 Å². The van der Waals surface area contributed by atoms with Gasteiger partial charge in [-0.1, -0.05) is 0 Å². The fourth-order valence-corrected chi connectivity index (χ4v) is 1.83. The van der Waals surface area contributed by atoms with E-state index >= 15 is 0 Å². The predicted molar refractivity (Wildman–Crippen MR) is 73.0 cm³/mol. The van der Waals surface area contributed by atoms with Crippen LogP contribution in [0.25, 0.3) is 0 Å². The van der Waals surface area contributed by atoms with Crippen molar-refractivity contribution in [3.05, 3.63) is 31.5 Å². The minimum absolute atomic E-state index is 0.213. The van der Waals surface area contributed by atoms with Gasteiger partial charge >= 0.3 is 11.7 Å². The van der Waals surface area contributed by atoms with Crippen molar-refractivity contribution in [1.82, 2.24) is 14.0 Å². The summed E-state index contributed by atoms with van der Waals surface area (Å²) in [7, 11) is 3.70. The van der Waals surface area contributed by atoms with Crippen LogP contribution in [0.15, 0.2) is 20.3 Å². The van der Waals surface area contributed by atoms with Crippen LogP contribution in [-0.4, -0.2) is 40.6 Å². The van der Waals surface area contributed by atoms with Gasteiger partial charge in [-0.25, -0.2) is 4.79 Å². The zero-order valence-electron chi connectivity index (χ0n) is 11.1. The number of esters is 1. The standard InChI is InChI=1S/C11H16BrN3O4/c1-8(16)19-7-14-6-9(12)10(17)15(11(14)18)5-4-13(2)3/h6H,4-5,7H2,1-3H3. The van der Waals surface area contributed by atoms with E-state index in [1.807, 2.05) is 19.0 Å². The van der Waals surface area contributed by atoms with Crippen LogP contribution in [0.1, 0.15) is 6.92 Å². The number of hydrogen-bond acceptors (Lipinski definition) is 5. The Morgan fingerprint density at radius 3 is 2.58 bits per heavy atom. The first kappa shape index (κ1) is 15.6. The second-order valence-electron chi connectivity index (χ2n) is 4.25. The van der Waals surface area contributed by atoms with Crippen LogP contribution >= 0.6 is 15.9 Å². The highest BCUT2D eigenvalue weighted by Gasteiger charge is 2.10. The molecule has 7 nitrogen and oxygen atoms in total. The van der Waals surface area contributed by atoms with Crippen molar-refractivity contribution in [2.45, 2.75) is 20.2 Å². The normalized spacial score (nSPS) is 10.8. The molecule has 0 unspecified atom stereocenters. The Labute approximate surface area is 118 Å². The highest BCUT2D eigenvalue weighted by atomic mass is 79.9. The van der Waals surface area contributed by atoms with Gasteiger partial charge in [-0.2, -0.15) is 0 Å². The minimum atomic E-state index is -0.503. The summed E-state index contributed by atoms with van der Waals surface area (Å²) in [5.74, 6) is -0.492. The van der Waals surface area contributed by atoms with E-state index in [0.29, 0.717) is 6.54 Å². The van der Waals surface area contributed by atoms with Crippen molar-refractivity contribution in [3.8, 4) is 0 Å². The average Bonchev–Trinajstić information content (AvgIpc) is 2.31. The monoisotopic (exact) mass is 333 g/mol. The van der Waals surface area contributed by atoms with E-state index in [2.05, 4.69) is 15.9 Å². The number of aromatic nitrogens is 2. The van der Waals surface area contributed by atoms with E-state index in [1.165, 1.54) is 17.7 Å². The van der Waals surface area contributed by atoms with Gasteiger partial charge in [0.2, 0.25) is 0 Å². The molecule has 1 aromatic heterocycles. The Morgan fingerprint density at radius 1 is 1.42 bits per heavy atom. The van der Waals surface area contributed by atoms with Gasteiger partial charge in [-0.3, -0.25) is 18.7 Å². The number of rotatable bonds is 5. The molecule has 0 N–H and O–H groups in total. The smallest absolute Gasteiger partial charge is 0.333 e. The molecule has 0 saturated carbocycles. The first-order chi connectivity index (χ1) is 8.82. The van der Waals surface area contributed by atoms with Gasteiger partial charge in [0.05, 0.1) is 4.47 Å². The molecule has 0 atom stereocenters. The van der Waals surface area contributed by atoms with E-state index in [9.17, 15) is 14.4 Å². The Morgan fingerprint density at radius 2 is 2.05 bits per heavy atom. The lowest BCUT2D eigenvalue weighted by molar-refractivity contribution is -0.144. The molecule has 1 rings (SSSR count). The maximum Gasteiger partial charge on any atom is 0.333 e. The summed E-state index contributed by atoms with van der Waals surface area (Å²) in [6.07, 6.45) is 1.32. The van der Waals surface area contributed by atoms with Crippen LogP contribution < -0.4 is 11.2 Å². The van der Waals surface area contributed by atoms with Crippen LogP contribution in [0, 0.1) is 0 Å². The molecule has 0 aliphatic rings. The molecule has 0 bridgehead atoms. The quantitative estimate of drug-likeness (QED) is 0.701. The van der Waals surface area contributed by atoms with Gasteiger partial charge in [0.25, 0.3) is 5.56 Å². The van der Waals surface area contributed by atoms with Crippen LogP contribution in [-0.2, 0) is 22.8 Å². The Bertz CT molecular complexity index is 576. The SMILES string of the molecule is CC(=O)OCn1cc(Br)c(=O)n(CCN(C)C)c1=O. The first-order valence-corrected chi connectivity index (χ1v) is 6.40. The van der Waals surface area contributed by atoms with Gasteiger partial charge in [-0.05, 0) is 30.0 Å². The van der Waals surface area contributed by atoms with E-state index in [1.54, 1.807) is 0 Å². The molecule has 8 heteroatoms. The summed E-state index contributed by atoms with van der Waals surface area (Å²) in [6.45, 7) is 1.86. The Hall–Kier alpha value is -1.41. The second-order valence-corrected chi connectivity index (χ2v) is 5.11. The molecule has 0 aliphatic heterocycles. The van der Waals surface area contributed by atoms with Crippen LogP contribution in [0.4, 0.5) is 0 Å². The zero-order chi connectivity index (χ0) is 14.6. The highest BCUT2D eigenvalue weighted by Crippen LogP contribution is 2.00. The average molecular weight is 334 g/mol. The molecule has 0 saturated heterocycles. The number of likely N-dealkylation sites (N-methyl/N-ethyl adjacent to an activating group) is 1. The highest BCUT2D eigenvalue weighted by molar-refractivity contribution is 9.10. The molecular weight excluding hydrogens is 318 g/mol. The van der Waals surface area contributed by atoms with Gasteiger partial charge < -0.3 is 9.64 Å². The van der Waals surface area contributed by atoms with Crippen molar-refractivity contribution in [2.24, 2.45) is 0 Å². The van der Waals surface area contributed by atoms with Gasteiger partial charge in [0.1, 0.15) is 0 Å². The van der Waals surface area contributed by atoms with Crippen molar-refractivity contribution >= 4 is 21.9 Å². The summed E-state index contributed by atoms with van der Waals surface area (Å²) in [4.78, 5) is 36.6. The predicted octanol–water partition coefficient (Wildman–Crippen LogP) is -0.145. The molecule has 0 aliphatic carbocycles. The third kappa shape index (κ3) is 4.32. The Balaban J connectivity index is 3.11. The molecule has 1 aromatic rings. The molecule has 0 aromatic carbocycles. The molecule has 0 fully saturated rings. The van der Waals surface area contributed by atoms with E-state index in [-0.39, 0.29) is 17.7 Å². The number of ether oxygens (including phenoxy) is 1. The molecule has 0 radical (unpaired) electrons. The summed E-state index contributed by atoms with van der Waals surface area (Å²) >= 11 is 3.10. The third-order valence-corrected chi connectivity index (χ3v) is 2.92. The summed E-state index contributed by atoms with van der Waals surface area (Å²) in [6, 6.07) is 0. The van der Waals surface area contributed by atoms with Crippen LogP contribution in [0.5, 0.6) is 0 Å². The summed E-state index contributed by atoms with van der Waals surface area (Å²) in [5.41, 5.74) is -0.901. The summed E-state index contributed by atoms with van der Waals surface area (Å²) in [5, 5.41) is 0. The van der Waals surface area contributed by atoms with Gasteiger partial charge in [-0.15, -0.1) is 0 Å². The van der Waals surface area contributed by atoms with E-state index in [4.69, 9.17) is 4.74 Å². The van der Waals surface area contributed by atoms with Crippen molar-refractivity contribution in [3.63, 3.8) is 0 Å². The van der Waals surface area contributed by atoms with Crippen LogP contribution in [0.3, 0.4) is 0 Å². The van der Waals surface area contributed by atoms with E-state index < -0.39 is 17.2 Å². The van der Waals surface area contributed by atoms with Crippen LogP contribution in [0.2, 0.25) is 0 Å². The first-order valence-electron chi connectivity index (χ1n) is 5.60. The molecule has 0 spiro atoms. The summed E-state index contributed by atoms with van der Waals surface area (Å²) < 4.78 is 7.28. The van der Waals surface area contributed by atoms with E-state index in [0.717, 1.165) is 4.57 Å². The lowest BCUT2D eigenvalue weighted by Gasteiger charge is -2.13. The largest absolute Gasteiger partial charge is 0.444 e. The fraction of sp³-hybridized carbons (Fsp3) is 0.545. The lowest BCUT2D eigenvalue weighted by Crippen LogP contribution is -2.42. The van der Waals surface area contributed by atoms with Crippen molar-refractivity contribution in [1.29, 1.82) is 0 Å². The number of carbonyl (C=O) groups is 1. The number of nitrogens with zero attached hydrogens (tertiary/aromatic N) is 3. The fourth-order valence-electron chi connectivity index (χ4n) is 1.37. The Kier molecular flexibility index (Phi) is 5.49. The lowest BCUT2D eigenvalue weighted by atomic mass is 10.5. The van der Waals surface area contributed by atoms with Gasteiger partial charge in [0.15, 0.2) is 6.73 Å². The van der Waals surface area contributed by atoms with Gasteiger partial charge in [0, 0.05) is 26.2 Å². The van der Waals surface area contributed by atoms with Crippen molar-refractivity contribution < 1.29 is 9.53 Å². The second kappa shape index (κ2) is 6.67. The molecule has 0 amide bonds. The third-order valence-electron chi connectivity index (χ3n) is 2.37. The topological polar surface area (TPSA) is 73.5 Å². The molecule has 1 heterocycles. The molecule has 19 heavy (non-hydrogen) atoms. The number of halogens is 1. The zero-order valence-corrected chi connectivity index (χ0v) is 12.6. The maximum absolute atomic E-state index is 12.1. The molecule has 106 valence electrons. The number of hydrogen-bond donors (Lipinski definition) is 0.